The summed E-state index contributed by atoms with van der Waals surface area (Å²) in [6, 6.07) is 3.62. The molecule has 1 rings (SSSR count). The molecule has 0 radical (unpaired) electrons. The minimum absolute atomic E-state index is 0. The molecule has 0 aliphatic carbocycles. The first-order valence-corrected chi connectivity index (χ1v) is 5.19. The molecule has 0 aliphatic heterocycles. The standard InChI is InChI=1S/C7H8N2O5S.Na/c1-5-2-3-6(8-15(12,13)14)4-7(5)9(10)11;/h2-4,8H,1H3,(H,12,13,14);/q;+1/p-1. The fraction of sp³-hybridized carbons (Fsp3) is 0.143. The zero-order chi connectivity index (χ0) is 11.6. The van der Waals surface area contributed by atoms with Crippen LogP contribution in [0.15, 0.2) is 18.2 Å². The summed E-state index contributed by atoms with van der Waals surface area (Å²) in [4.78, 5) is 9.83. The molecule has 9 heteroatoms. The Morgan fingerprint density at radius 1 is 1.38 bits per heavy atom. The van der Waals surface area contributed by atoms with Crippen LogP contribution in [0, 0.1) is 17.0 Å². The van der Waals surface area contributed by atoms with Crippen molar-refractivity contribution >= 4 is 21.7 Å². The van der Waals surface area contributed by atoms with E-state index in [4.69, 9.17) is 0 Å². The average Bonchev–Trinajstić information content (AvgIpc) is 2.05. The summed E-state index contributed by atoms with van der Waals surface area (Å²) in [5, 5.41) is 10.5. The van der Waals surface area contributed by atoms with Gasteiger partial charge in [0.05, 0.1) is 10.6 Å². The number of anilines is 1. The third-order valence-corrected chi connectivity index (χ3v) is 2.13. The van der Waals surface area contributed by atoms with Crippen LogP contribution in [0.1, 0.15) is 5.56 Å². The van der Waals surface area contributed by atoms with E-state index in [1.165, 1.54) is 19.1 Å². The molecular formula is C7H7N2NaO5S. The van der Waals surface area contributed by atoms with Gasteiger partial charge in [-0.05, 0) is 13.0 Å². The smallest absolute Gasteiger partial charge is 0.731 e. The maximum atomic E-state index is 10.5. The van der Waals surface area contributed by atoms with Gasteiger partial charge in [0, 0.05) is 11.6 Å². The summed E-state index contributed by atoms with van der Waals surface area (Å²) in [5.74, 6) is 0. The second-order valence-corrected chi connectivity index (χ2v) is 3.93. The van der Waals surface area contributed by atoms with E-state index < -0.39 is 15.2 Å². The van der Waals surface area contributed by atoms with E-state index in [2.05, 4.69) is 0 Å². The molecule has 0 unspecified atom stereocenters. The number of aryl methyl sites for hydroxylation is 1. The van der Waals surface area contributed by atoms with Crippen molar-refractivity contribution in [2.24, 2.45) is 0 Å². The molecule has 1 aromatic rings. The minimum atomic E-state index is -4.66. The molecular weight excluding hydrogens is 247 g/mol. The van der Waals surface area contributed by atoms with Crippen LogP contribution in [0.4, 0.5) is 11.4 Å². The van der Waals surface area contributed by atoms with Crippen LogP contribution in [-0.2, 0) is 10.3 Å². The van der Waals surface area contributed by atoms with Gasteiger partial charge in [0.1, 0.15) is 0 Å². The predicted molar refractivity (Wildman–Crippen MR) is 51.2 cm³/mol. The predicted octanol–water partition coefficient (Wildman–Crippen LogP) is -2.22. The summed E-state index contributed by atoms with van der Waals surface area (Å²) >= 11 is 0. The molecule has 0 atom stereocenters. The van der Waals surface area contributed by atoms with Gasteiger partial charge in [-0.25, -0.2) is 8.42 Å². The van der Waals surface area contributed by atoms with E-state index in [1.54, 1.807) is 4.72 Å². The second-order valence-electron chi connectivity index (χ2n) is 2.81. The number of hydrogen-bond acceptors (Lipinski definition) is 5. The van der Waals surface area contributed by atoms with Gasteiger partial charge < -0.3 is 4.55 Å². The van der Waals surface area contributed by atoms with Crippen molar-refractivity contribution < 1.29 is 47.5 Å². The van der Waals surface area contributed by atoms with E-state index in [1.807, 2.05) is 0 Å². The normalized spacial score (nSPS) is 10.4. The number of nitrogens with zero attached hydrogens (tertiary/aromatic N) is 1. The Labute approximate surface area is 114 Å². The molecule has 0 saturated carbocycles. The van der Waals surface area contributed by atoms with Crippen LogP contribution in [0.2, 0.25) is 0 Å². The van der Waals surface area contributed by atoms with E-state index >= 15 is 0 Å². The maximum absolute atomic E-state index is 10.5. The summed E-state index contributed by atoms with van der Waals surface area (Å²) in [5.41, 5.74) is 0.0137. The first-order chi connectivity index (χ1) is 6.79. The molecule has 7 nitrogen and oxygen atoms in total. The molecule has 0 saturated heterocycles. The molecule has 16 heavy (non-hydrogen) atoms. The van der Waals surface area contributed by atoms with Crippen LogP contribution in [0.25, 0.3) is 0 Å². The van der Waals surface area contributed by atoms with Gasteiger partial charge in [-0.15, -0.1) is 0 Å². The van der Waals surface area contributed by atoms with Gasteiger partial charge in [-0.1, -0.05) is 6.07 Å². The van der Waals surface area contributed by atoms with Crippen molar-refractivity contribution in [3.8, 4) is 0 Å². The number of nitro benzene ring substituents is 1. The fourth-order valence-electron chi connectivity index (χ4n) is 1.01. The molecule has 82 valence electrons. The van der Waals surface area contributed by atoms with Crippen molar-refractivity contribution in [2.45, 2.75) is 6.92 Å². The van der Waals surface area contributed by atoms with Crippen LogP contribution in [0.5, 0.6) is 0 Å². The van der Waals surface area contributed by atoms with Crippen LogP contribution >= 0.6 is 0 Å². The molecule has 0 aliphatic rings. The zero-order valence-electron chi connectivity index (χ0n) is 8.63. The van der Waals surface area contributed by atoms with Crippen LogP contribution in [-0.4, -0.2) is 17.9 Å². The van der Waals surface area contributed by atoms with Gasteiger partial charge in [0.25, 0.3) is 5.69 Å². The molecule has 1 aromatic carbocycles. The summed E-state index contributed by atoms with van der Waals surface area (Å²) in [6.45, 7) is 1.51. The van der Waals surface area contributed by atoms with Crippen molar-refractivity contribution in [2.75, 3.05) is 4.72 Å². The van der Waals surface area contributed by atoms with Crippen LogP contribution in [0.3, 0.4) is 0 Å². The number of nitro groups is 1. The number of rotatable bonds is 3. The molecule has 0 fully saturated rings. The van der Waals surface area contributed by atoms with Gasteiger partial charge in [-0.3, -0.25) is 14.8 Å². The topological polar surface area (TPSA) is 112 Å². The summed E-state index contributed by atoms with van der Waals surface area (Å²) in [7, 11) is -4.66. The quantitative estimate of drug-likeness (QED) is 0.284. The van der Waals surface area contributed by atoms with Crippen LogP contribution < -0.4 is 34.3 Å². The van der Waals surface area contributed by atoms with Gasteiger partial charge in [-0.2, -0.15) is 0 Å². The Balaban J connectivity index is 0.00000225. The molecule has 0 spiro atoms. The molecule has 0 aromatic heterocycles. The molecule has 1 N–H and O–H groups in total. The van der Waals surface area contributed by atoms with E-state index in [0.29, 0.717) is 5.56 Å². The van der Waals surface area contributed by atoms with E-state index in [-0.39, 0.29) is 40.9 Å². The average molecular weight is 254 g/mol. The SMILES string of the molecule is Cc1ccc(NS(=O)(=O)[O-])cc1[N+](=O)[O-].[Na+]. The Kier molecular flexibility index (Phi) is 5.36. The Morgan fingerprint density at radius 3 is 2.38 bits per heavy atom. The third-order valence-electron chi connectivity index (χ3n) is 1.65. The van der Waals surface area contributed by atoms with Crippen molar-refractivity contribution in [1.29, 1.82) is 0 Å². The zero-order valence-corrected chi connectivity index (χ0v) is 11.4. The number of hydrogen-bond donors (Lipinski definition) is 1. The third kappa shape index (κ3) is 4.45. The van der Waals surface area contributed by atoms with Crippen molar-refractivity contribution in [3.63, 3.8) is 0 Å². The Bertz CT molecular complexity index is 501. The fourth-order valence-corrected chi connectivity index (χ4v) is 1.43. The Hall–Kier alpha value is -0.670. The minimum Gasteiger partial charge on any atom is -0.731 e. The molecule has 0 heterocycles. The number of benzene rings is 1. The van der Waals surface area contributed by atoms with E-state index in [0.717, 1.165) is 6.07 Å². The van der Waals surface area contributed by atoms with Gasteiger partial charge >= 0.3 is 29.6 Å². The first kappa shape index (κ1) is 15.3. The van der Waals surface area contributed by atoms with Gasteiger partial charge in [0.15, 0.2) is 10.3 Å². The first-order valence-electron chi connectivity index (χ1n) is 3.78. The Morgan fingerprint density at radius 2 is 1.94 bits per heavy atom. The summed E-state index contributed by atoms with van der Waals surface area (Å²) < 4.78 is 32.6. The van der Waals surface area contributed by atoms with Crippen molar-refractivity contribution in [3.05, 3.63) is 33.9 Å². The monoisotopic (exact) mass is 254 g/mol. The molecule has 0 bridgehead atoms. The second kappa shape index (κ2) is 5.60. The van der Waals surface area contributed by atoms with E-state index in [9.17, 15) is 23.1 Å². The summed E-state index contributed by atoms with van der Waals surface area (Å²) in [6.07, 6.45) is 0. The maximum Gasteiger partial charge on any atom is 1.00 e. The molecule has 0 amide bonds. The van der Waals surface area contributed by atoms with Crippen molar-refractivity contribution in [1.82, 2.24) is 0 Å². The number of nitrogens with one attached hydrogen (secondary N) is 1. The van der Waals surface area contributed by atoms with Gasteiger partial charge in [0.2, 0.25) is 0 Å². The largest absolute Gasteiger partial charge is 1.00 e.